The van der Waals surface area contributed by atoms with E-state index >= 15 is 0 Å². The van der Waals surface area contributed by atoms with Crippen molar-refractivity contribution >= 4 is 16.8 Å². The number of hydrogen-bond donors (Lipinski definition) is 1. The van der Waals surface area contributed by atoms with Crippen LogP contribution in [0, 0.1) is 12.7 Å². The van der Waals surface area contributed by atoms with Crippen molar-refractivity contribution in [1.29, 1.82) is 0 Å². The van der Waals surface area contributed by atoms with Gasteiger partial charge in [0.1, 0.15) is 5.82 Å². The van der Waals surface area contributed by atoms with Crippen molar-refractivity contribution in [3.8, 4) is 0 Å². The molecule has 20 heavy (non-hydrogen) atoms. The van der Waals surface area contributed by atoms with E-state index in [0.717, 1.165) is 17.8 Å². The Bertz CT molecular complexity index is 688. The topological polar surface area (TPSA) is 67.3 Å². The maximum absolute atomic E-state index is 13.3. The van der Waals surface area contributed by atoms with Gasteiger partial charge in [-0.05, 0) is 37.3 Å². The van der Waals surface area contributed by atoms with Crippen LogP contribution in [0.4, 0.5) is 4.39 Å². The van der Waals surface area contributed by atoms with Crippen molar-refractivity contribution in [2.45, 2.75) is 17.6 Å². The molecular weight excluding hydrogens is 281 g/mol. The number of carbonyl (C=O) groups is 1. The molecule has 1 aromatic carbocycles. The number of halogens is 1. The van der Waals surface area contributed by atoms with E-state index in [4.69, 9.17) is 5.11 Å². The molecule has 0 fully saturated rings. The van der Waals surface area contributed by atoms with Crippen LogP contribution in [0.5, 0.6) is 0 Å². The average molecular weight is 293 g/mol. The van der Waals surface area contributed by atoms with Crippen LogP contribution in [0.1, 0.15) is 21.7 Å². The molecule has 1 unspecified atom stereocenters. The van der Waals surface area contributed by atoms with Crippen molar-refractivity contribution in [3.63, 3.8) is 0 Å². The number of aromatic carboxylic acids is 1. The number of aryl methyl sites for hydroxylation is 1. The minimum atomic E-state index is -1.47. The summed E-state index contributed by atoms with van der Waals surface area (Å²) in [5, 5.41) is 8.85. The first kappa shape index (κ1) is 14.3. The van der Waals surface area contributed by atoms with Gasteiger partial charge in [0.25, 0.3) is 0 Å². The molecule has 1 heterocycles. The number of benzene rings is 1. The van der Waals surface area contributed by atoms with Crippen LogP contribution in [0.3, 0.4) is 0 Å². The van der Waals surface area contributed by atoms with Gasteiger partial charge >= 0.3 is 5.97 Å². The van der Waals surface area contributed by atoms with Gasteiger partial charge in [0.15, 0.2) is 0 Å². The Morgan fingerprint density at radius 2 is 2.10 bits per heavy atom. The molecule has 2 rings (SSSR count). The summed E-state index contributed by atoms with van der Waals surface area (Å²) < 4.78 is 25.4. The smallest absolute Gasteiger partial charge is 0.338 e. The molecule has 0 radical (unpaired) electrons. The molecule has 0 aliphatic heterocycles. The van der Waals surface area contributed by atoms with E-state index in [1.807, 2.05) is 19.1 Å². The van der Waals surface area contributed by atoms with Crippen molar-refractivity contribution in [3.05, 3.63) is 59.2 Å². The standard InChI is InChI=1S/C14H12FNO3S/c1-9-3-2-4-10(16-9)8-20(19)11-5-6-13(15)12(7-11)14(17)18/h2-7H,8H2,1H3,(H,17,18). The summed E-state index contributed by atoms with van der Waals surface area (Å²) in [4.78, 5) is 15.3. The summed E-state index contributed by atoms with van der Waals surface area (Å²) in [6, 6.07) is 8.82. The van der Waals surface area contributed by atoms with E-state index in [9.17, 15) is 13.4 Å². The maximum Gasteiger partial charge on any atom is 0.338 e. The first-order chi connectivity index (χ1) is 9.47. The Kier molecular flexibility index (Phi) is 4.24. The third kappa shape index (κ3) is 3.27. The second-order valence-corrected chi connectivity index (χ2v) is 5.66. The normalized spacial score (nSPS) is 12.1. The predicted molar refractivity (Wildman–Crippen MR) is 72.4 cm³/mol. The quantitative estimate of drug-likeness (QED) is 0.940. The Morgan fingerprint density at radius 1 is 1.35 bits per heavy atom. The predicted octanol–water partition coefficient (Wildman–Crippen LogP) is 2.54. The van der Waals surface area contributed by atoms with Crippen LogP contribution in [0.15, 0.2) is 41.3 Å². The summed E-state index contributed by atoms with van der Waals surface area (Å²) in [7, 11) is -1.47. The van der Waals surface area contributed by atoms with E-state index in [0.29, 0.717) is 5.69 Å². The van der Waals surface area contributed by atoms with Gasteiger partial charge in [0.2, 0.25) is 0 Å². The lowest BCUT2D eigenvalue weighted by atomic mass is 10.2. The molecule has 1 N–H and O–H groups in total. The van der Waals surface area contributed by atoms with Crippen molar-refractivity contribution < 1.29 is 18.5 Å². The summed E-state index contributed by atoms with van der Waals surface area (Å²) >= 11 is 0. The lowest BCUT2D eigenvalue weighted by Crippen LogP contribution is -2.04. The number of nitrogens with zero attached hydrogens (tertiary/aromatic N) is 1. The van der Waals surface area contributed by atoms with E-state index < -0.39 is 28.1 Å². The fourth-order valence-electron chi connectivity index (χ4n) is 1.71. The van der Waals surface area contributed by atoms with E-state index in [1.165, 1.54) is 6.07 Å². The van der Waals surface area contributed by atoms with Gasteiger partial charge in [-0.3, -0.25) is 9.19 Å². The fourth-order valence-corrected chi connectivity index (χ4v) is 2.77. The van der Waals surface area contributed by atoms with E-state index in [1.54, 1.807) is 6.07 Å². The molecule has 0 spiro atoms. The molecule has 0 amide bonds. The molecule has 0 bridgehead atoms. The molecule has 4 nitrogen and oxygen atoms in total. The lowest BCUT2D eigenvalue weighted by Gasteiger charge is -2.05. The maximum atomic E-state index is 13.3. The highest BCUT2D eigenvalue weighted by Crippen LogP contribution is 2.16. The van der Waals surface area contributed by atoms with Crippen molar-refractivity contribution in [2.24, 2.45) is 0 Å². The Hall–Kier alpha value is -2.08. The molecular formula is C14H12FNO3S. The fraction of sp³-hybridized carbons (Fsp3) is 0.143. The lowest BCUT2D eigenvalue weighted by molar-refractivity contribution is 0.0691. The molecule has 0 aliphatic carbocycles. The number of rotatable bonds is 4. The van der Waals surface area contributed by atoms with Crippen molar-refractivity contribution in [2.75, 3.05) is 0 Å². The monoisotopic (exact) mass is 293 g/mol. The number of carboxylic acids is 1. The summed E-state index contributed by atoms with van der Waals surface area (Å²) in [6.45, 7) is 1.83. The van der Waals surface area contributed by atoms with Gasteiger partial charge in [0.05, 0.1) is 27.8 Å². The Morgan fingerprint density at radius 3 is 2.75 bits per heavy atom. The van der Waals surface area contributed by atoms with Crippen LogP contribution in [0.2, 0.25) is 0 Å². The van der Waals surface area contributed by atoms with Crippen LogP contribution >= 0.6 is 0 Å². The van der Waals surface area contributed by atoms with Gasteiger partial charge < -0.3 is 5.11 Å². The number of pyridine rings is 1. The molecule has 2 aromatic rings. The molecule has 1 atom stereocenters. The Balaban J connectivity index is 2.26. The SMILES string of the molecule is Cc1cccc(CS(=O)c2ccc(F)c(C(=O)O)c2)n1. The zero-order valence-corrected chi connectivity index (χ0v) is 11.5. The van der Waals surface area contributed by atoms with Crippen molar-refractivity contribution in [1.82, 2.24) is 4.98 Å². The number of aromatic nitrogens is 1. The van der Waals surface area contributed by atoms with Gasteiger partial charge in [-0.1, -0.05) is 6.07 Å². The van der Waals surface area contributed by atoms with E-state index in [-0.39, 0.29) is 10.6 Å². The zero-order valence-electron chi connectivity index (χ0n) is 10.7. The molecule has 1 aromatic heterocycles. The highest BCUT2D eigenvalue weighted by molar-refractivity contribution is 7.84. The Labute approximate surface area is 117 Å². The largest absolute Gasteiger partial charge is 0.478 e. The van der Waals surface area contributed by atoms with Gasteiger partial charge in [-0.25, -0.2) is 9.18 Å². The van der Waals surface area contributed by atoms with Crippen LogP contribution in [0.25, 0.3) is 0 Å². The average Bonchev–Trinajstić information content (AvgIpc) is 2.38. The summed E-state index contributed by atoms with van der Waals surface area (Å²) in [5.74, 6) is -2.06. The number of carboxylic acid groups (broad SMARTS) is 1. The van der Waals surface area contributed by atoms with Crippen LogP contribution < -0.4 is 0 Å². The third-order valence-electron chi connectivity index (χ3n) is 2.66. The van der Waals surface area contributed by atoms with Crippen LogP contribution in [-0.2, 0) is 16.6 Å². The molecule has 0 aliphatic rings. The summed E-state index contributed by atoms with van der Waals surface area (Å²) in [6.07, 6.45) is 0. The van der Waals surface area contributed by atoms with Gasteiger partial charge in [-0.15, -0.1) is 0 Å². The van der Waals surface area contributed by atoms with E-state index in [2.05, 4.69) is 4.98 Å². The number of hydrogen-bond acceptors (Lipinski definition) is 3. The highest BCUT2D eigenvalue weighted by Gasteiger charge is 2.14. The molecule has 6 heteroatoms. The van der Waals surface area contributed by atoms with Gasteiger partial charge in [-0.2, -0.15) is 0 Å². The van der Waals surface area contributed by atoms with Crippen LogP contribution in [-0.4, -0.2) is 20.3 Å². The molecule has 0 saturated carbocycles. The first-order valence-electron chi connectivity index (χ1n) is 5.81. The minimum absolute atomic E-state index is 0.159. The molecule has 0 saturated heterocycles. The minimum Gasteiger partial charge on any atom is -0.478 e. The summed E-state index contributed by atoms with van der Waals surface area (Å²) in [5.41, 5.74) is 0.974. The second-order valence-electron chi connectivity index (χ2n) is 4.21. The second kappa shape index (κ2) is 5.92. The molecule has 104 valence electrons. The zero-order chi connectivity index (χ0) is 14.7. The first-order valence-corrected chi connectivity index (χ1v) is 7.13. The van der Waals surface area contributed by atoms with Gasteiger partial charge in [0, 0.05) is 10.6 Å². The highest BCUT2D eigenvalue weighted by atomic mass is 32.2. The third-order valence-corrected chi connectivity index (χ3v) is 3.99.